The summed E-state index contributed by atoms with van der Waals surface area (Å²) in [5.41, 5.74) is 3.32. The number of carbonyl (C=O) groups is 1. The summed E-state index contributed by atoms with van der Waals surface area (Å²) in [5, 5.41) is 4.16. The molecule has 0 radical (unpaired) electrons. The van der Waals surface area contributed by atoms with E-state index in [2.05, 4.69) is 22.4 Å². The second-order valence-corrected chi connectivity index (χ2v) is 6.54. The Morgan fingerprint density at radius 2 is 1.84 bits per heavy atom. The molecule has 2 N–H and O–H groups in total. The number of amides is 1. The number of ether oxygens (including phenoxy) is 1. The lowest BCUT2D eigenvalue weighted by Crippen LogP contribution is -2.31. The number of rotatable bonds is 6. The smallest absolute Gasteiger partial charge is 0.221 e. The van der Waals surface area contributed by atoms with E-state index in [-0.39, 0.29) is 17.9 Å². The summed E-state index contributed by atoms with van der Waals surface area (Å²) in [6.07, 6.45) is 2.43. The van der Waals surface area contributed by atoms with Gasteiger partial charge >= 0.3 is 0 Å². The molecule has 1 amide bonds. The van der Waals surface area contributed by atoms with Gasteiger partial charge in [-0.15, -0.1) is 0 Å². The Morgan fingerprint density at radius 1 is 1.12 bits per heavy atom. The molecule has 4 nitrogen and oxygen atoms in total. The van der Waals surface area contributed by atoms with Crippen molar-refractivity contribution in [1.82, 2.24) is 10.3 Å². The van der Waals surface area contributed by atoms with E-state index in [1.54, 1.807) is 7.11 Å². The van der Waals surface area contributed by atoms with Gasteiger partial charge in [0.2, 0.25) is 5.91 Å². The zero-order valence-corrected chi connectivity index (χ0v) is 14.9. The molecule has 0 fully saturated rings. The third-order valence-corrected chi connectivity index (χ3v) is 4.35. The van der Waals surface area contributed by atoms with Crippen LogP contribution in [0.4, 0.5) is 0 Å². The Hall–Kier alpha value is -2.75. The number of fused-ring (bicyclic) bond motifs is 1. The minimum atomic E-state index is -0.0131. The van der Waals surface area contributed by atoms with E-state index in [1.807, 2.05) is 56.4 Å². The molecule has 2 aromatic carbocycles. The van der Waals surface area contributed by atoms with Crippen LogP contribution in [0.5, 0.6) is 5.75 Å². The molecule has 1 aromatic heterocycles. The molecule has 0 bridgehead atoms. The van der Waals surface area contributed by atoms with Crippen molar-refractivity contribution in [2.75, 3.05) is 7.11 Å². The van der Waals surface area contributed by atoms with Crippen LogP contribution in [0.2, 0.25) is 0 Å². The maximum absolute atomic E-state index is 12.4. The van der Waals surface area contributed by atoms with Crippen LogP contribution in [0.25, 0.3) is 10.9 Å². The molecule has 130 valence electrons. The zero-order valence-electron chi connectivity index (χ0n) is 14.9. The van der Waals surface area contributed by atoms with Gasteiger partial charge in [-0.05, 0) is 43.2 Å². The van der Waals surface area contributed by atoms with Gasteiger partial charge in [-0.25, -0.2) is 0 Å². The zero-order chi connectivity index (χ0) is 17.8. The van der Waals surface area contributed by atoms with Crippen molar-refractivity contribution in [3.05, 3.63) is 65.9 Å². The SMILES string of the molecule is COc1ccc(C(CC(=O)NC(C)C)c2c[nH]c3ccccc23)cc1. The summed E-state index contributed by atoms with van der Waals surface area (Å²) in [5.74, 6) is 0.856. The van der Waals surface area contributed by atoms with Gasteiger partial charge in [0.1, 0.15) is 5.75 Å². The fourth-order valence-electron chi connectivity index (χ4n) is 3.19. The molecule has 1 unspecified atom stereocenters. The Kier molecular flexibility index (Phi) is 5.08. The molecular weight excluding hydrogens is 312 g/mol. The summed E-state index contributed by atoms with van der Waals surface area (Å²) < 4.78 is 5.26. The number of methoxy groups -OCH3 is 1. The average molecular weight is 336 g/mol. The molecule has 3 rings (SSSR count). The van der Waals surface area contributed by atoms with Crippen molar-refractivity contribution in [3.8, 4) is 5.75 Å². The van der Waals surface area contributed by atoms with E-state index < -0.39 is 0 Å². The Labute approximate surface area is 148 Å². The van der Waals surface area contributed by atoms with E-state index in [4.69, 9.17) is 4.74 Å². The van der Waals surface area contributed by atoms with Crippen molar-refractivity contribution in [2.45, 2.75) is 32.2 Å². The number of carbonyl (C=O) groups excluding carboxylic acids is 1. The predicted octanol–water partition coefficient (Wildman–Crippen LogP) is 4.22. The number of aromatic amines is 1. The second kappa shape index (κ2) is 7.43. The van der Waals surface area contributed by atoms with Crippen LogP contribution in [0, 0.1) is 0 Å². The van der Waals surface area contributed by atoms with Crippen LogP contribution in [0.15, 0.2) is 54.7 Å². The number of benzene rings is 2. The van der Waals surface area contributed by atoms with Crippen LogP contribution in [0.3, 0.4) is 0 Å². The fourth-order valence-corrected chi connectivity index (χ4v) is 3.19. The van der Waals surface area contributed by atoms with Crippen molar-refractivity contribution in [3.63, 3.8) is 0 Å². The first-order chi connectivity index (χ1) is 12.1. The normalized spacial score (nSPS) is 12.3. The molecule has 3 aromatic rings. The summed E-state index contributed by atoms with van der Waals surface area (Å²) in [6, 6.07) is 16.3. The van der Waals surface area contributed by atoms with Gasteiger partial charge in [0.25, 0.3) is 0 Å². The predicted molar refractivity (Wildman–Crippen MR) is 101 cm³/mol. The van der Waals surface area contributed by atoms with Crippen LogP contribution >= 0.6 is 0 Å². The highest BCUT2D eigenvalue weighted by Crippen LogP contribution is 2.34. The first-order valence-electron chi connectivity index (χ1n) is 8.58. The van der Waals surface area contributed by atoms with Crippen molar-refractivity contribution >= 4 is 16.8 Å². The first kappa shape index (κ1) is 17.1. The summed E-state index contributed by atoms with van der Waals surface area (Å²) in [6.45, 7) is 3.96. The maximum atomic E-state index is 12.4. The molecule has 1 atom stereocenters. The molecular formula is C21H24N2O2. The number of hydrogen-bond donors (Lipinski definition) is 2. The molecule has 0 aliphatic heterocycles. The van der Waals surface area contributed by atoms with Crippen molar-refractivity contribution < 1.29 is 9.53 Å². The van der Waals surface area contributed by atoms with E-state index >= 15 is 0 Å². The highest BCUT2D eigenvalue weighted by molar-refractivity contribution is 5.86. The summed E-state index contributed by atoms with van der Waals surface area (Å²) in [4.78, 5) is 15.8. The number of aromatic nitrogens is 1. The lowest BCUT2D eigenvalue weighted by molar-refractivity contribution is -0.121. The van der Waals surface area contributed by atoms with E-state index in [1.165, 1.54) is 0 Å². The van der Waals surface area contributed by atoms with Crippen LogP contribution < -0.4 is 10.1 Å². The standard InChI is InChI=1S/C21H24N2O2/c1-14(2)23-21(24)12-18(15-8-10-16(25-3)11-9-15)19-13-22-20-7-5-4-6-17(19)20/h4-11,13-14,18,22H,12H2,1-3H3,(H,23,24). The van der Waals surface area contributed by atoms with Gasteiger partial charge in [-0.2, -0.15) is 0 Å². The van der Waals surface area contributed by atoms with Gasteiger partial charge in [0.05, 0.1) is 7.11 Å². The van der Waals surface area contributed by atoms with Crippen molar-refractivity contribution in [2.24, 2.45) is 0 Å². The molecule has 25 heavy (non-hydrogen) atoms. The molecule has 1 heterocycles. The number of H-pyrrole nitrogens is 1. The average Bonchev–Trinajstić information content (AvgIpc) is 3.03. The number of nitrogens with one attached hydrogen (secondary N) is 2. The minimum absolute atomic E-state index is 0.0131. The monoisotopic (exact) mass is 336 g/mol. The van der Waals surface area contributed by atoms with E-state index in [0.717, 1.165) is 27.8 Å². The maximum Gasteiger partial charge on any atom is 0.221 e. The summed E-state index contributed by atoms with van der Waals surface area (Å²) >= 11 is 0. The Bertz CT molecular complexity index is 850. The highest BCUT2D eigenvalue weighted by atomic mass is 16.5. The second-order valence-electron chi connectivity index (χ2n) is 6.54. The third kappa shape index (κ3) is 3.85. The molecule has 0 aliphatic rings. The molecule has 0 spiro atoms. The molecule has 4 heteroatoms. The van der Waals surface area contributed by atoms with Crippen LogP contribution in [-0.2, 0) is 4.79 Å². The topological polar surface area (TPSA) is 54.1 Å². The largest absolute Gasteiger partial charge is 0.497 e. The minimum Gasteiger partial charge on any atom is -0.497 e. The van der Waals surface area contributed by atoms with Crippen LogP contribution in [-0.4, -0.2) is 24.0 Å². The first-order valence-corrected chi connectivity index (χ1v) is 8.58. The van der Waals surface area contributed by atoms with Crippen molar-refractivity contribution in [1.29, 1.82) is 0 Å². The quantitative estimate of drug-likeness (QED) is 0.708. The van der Waals surface area contributed by atoms with E-state index in [9.17, 15) is 4.79 Å². The molecule has 0 aliphatic carbocycles. The molecule has 0 saturated carbocycles. The number of para-hydroxylation sites is 1. The van der Waals surface area contributed by atoms with Gasteiger partial charge in [-0.1, -0.05) is 30.3 Å². The Morgan fingerprint density at radius 3 is 2.52 bits per heavy atom. The van der Waals surface area contributed by atoms with Gasteiger partial charge in [0, 0.05) is 35.5 Å². The lowest BCUT2D eigenvalue weighted by atomic mass is 9.88. The fraction of sp³-hybridized carbons (Fsp3) is 0.286. The van der Waals surface area contributed by atoms with Crippen LogP contribution in [0.1, 0.15) is 37.3 Å². The van der Waals surface area contributed by atoms with Gasteiger partial charge in [-0.3, -0.25) is 4.79 Å². The number of hydrogen-bond acceptors (Lipinski definition) is 2. The molecule has 0 saturated heterocycles. The highest BCUT2D eigenvalue weighted by Gasteiger charge is 2.21. The third-order valence-electron chi connectivity index (χ3n) is 4.35. The Balaban J connectivity index is 2.00. The van der Waals surface area contributed by atoms with Gasteiger partial charge < -0.3 is 15.0 Å². The van der Waals surface area contributed by atoms with E-state index in [0.29, 0.717) is 6.42 Å². The lowest BCUT2D eigenvalue weighted by Gasteiger charge is -2.18. The summed E-state index contributed by atoms with van der Waals surface area (Å²) in [7, 11) is 1.65. The van der Waals surface area contributed by atoms with Gasteiger partial charge in [0.15, 0.2) is 0 Å².